The highest BCUT2D eigenvalue weighted by Crippen LogP contribution is 2.27. The van der Waals surface area contributed by atoms with Gasteiger partial charge in [0.1, 0.15) is 17.7 Å². The van der Waals surface area contributed by atoms with E-state index in [1.165, 1.54) is 4.90 Å². The summed E-state index contributed by atoms with van der Waals surface area (Å²) in [7, 11) is 0. The van der Waals surface area contributed by atoms with Gasteiger partial charge in [-0.2, -0.15) is 0 Å². The number of ether oxygens (including phenoxy) is 2. The number of esters is 1. The van der Waals surface area contributed by atoms with Crippen molar-refractivity contribution < 1.29 is 33.4 Å². The molecule has 1 aromatic carbocycles. The van der Waals surface area contributed by atoms with Gasteiger partial charge in [0.25, 0.3) is 0 Å². The van der Waals surface area contributed by atoms with Gasteiger partial charge in [0.2, 0.25) is 17.7 Å². The Balaban J connectivity index is 3.44. The highest BCUT2D eigenvalue weighted by Gasteiger charge is 2.37. The van der Waals surface area contributed by atoms with E-state index in [0.29, 0.717) is 12.0 Å². The number of alkyl carbamates (subject to hydrolysis) is 1. The third-order valence-electron chi connectivity index (χ3n) is 6.41. The first-order valence-corrected chi connectivity index (χ1v) is 14.9. The quantitative estimate of drug-likeness (QED) is 0.172. The van der Waals surface area contributed by atoms with E-state index in [1.54, 1.807) is 39.8 Å². The SMILES string of the molecule is CCCCCCCCN(C(=O)C(CC(N)=O)NC(=O)OC(C)(C)C)C(C(=O)NCCC(=O)OCC)c1ccccc1C. The van der Waals surface area contributed by atoms with Crippen molar-refractivity contribution in [2.45, 2.75) is 111 Å². The number of carbonyl (C=O) groups is 5. The Hall–Kier alpha value is -3.63. The molecule has 0 fully saturated rings. The predicted molar refractivity (Wildman–Crippen MR) is 160 cm³/mol. The van der Waals surface area contributed by atoms with Crippen LogP contribution in [0.25, 0.3) is 0 Å². The molecule has 236 valence electrons. The van der Waals surface area contributed by atoms with E-state index >= 15 is 0 Å². The van der Waals surface area contributed by atoms with Crippen molar-refractivity contribution in [3.63, 3.8) is 0 Å². The molecule has 2 atom stereocenters. The summed E-state index contributed by atoms with van der Waals surface area (Å²) < 4.78 is 10.3. The van der Waals surface area contributed by atoms with Gasteiger partial charge in [0.05, 0.1) is 19.4 Å². The van der Waals surface area contributed by atoms with Gasteiger partial charge in [-0.3, -0.25) is 19.2 Å². The highest BCUT2D eigenvalue weighted by atomic mass is 16.6. The molecule has 11 heteroatoms. The number of benzene rings is 1. The summed E-state index contributed by atoms with van der Waals surface area (Å²) in [4.78, 5) is 65.8. The van der Waals surface area contributed by atoms with Crippen LogP contribution in [0.2, 0.25) is 0 Å². The Kier molecular flexibility index (Phi) is 16.2. The minimum absolute atomic E-state index is 0.0139. The number of primary amides is 1. The van der Waals surface area contributed by atoms with Gasteiger partial charge < -0.3 is 30.7 Å². The molecule has 4 amide bonds. The van der Waals surface area contributed by atoms with Crippen LogP contribution in [-0.2, 0) is 28.7 Å². The number of amides is 4. The van der Waals surface area contributed by atoms with Gasteiger partial charge in [0, 0.05) is 13.1 Å². The van der Waals surface area contributed by atoms with Crippen molar-refractivity contribution in [2.24, 2.45) is 5.73 Å². The van der Waals surface area contributed by atoms with E-state index in [-0.39, 0.29) is 26.1 Å². The normalized spacial score (nSPS) is 12.5. The fourth-order valence-corrected chi connectivity index (χ4v) is 4.44. The second-order valence-corrected chi connectivity index (χ2v) is 11.3. The minimum atomic E-state index is -1.35. The van der Waals surface area contributed by atoms with Crippen LogP contribution < -0.4 is 16.4 Å². The number of nitrogens with one attached hydrogen (secondary N) is 2. The average molecular weight is 591 g/mol. The van der Waals surface area contributed by atoms with E-state index in [9.17, 15) is 24.0 Å². The first-order chi connectivity index (χ1) is 19.8. The van der Waals surface area contributed by atoms with Gasteiger partial charge in [-0.15, -0.1) is 0 Å². The fourth-order valence-electron chi connectivity index (χ4n) is 4.44. The standard InChI is InChI=1S/C31H50N4O7/c1-7-9-10-11-12-15-20-35(29(39)24(21-25(32)36)34-30(40)42-31(4,5)6)27(23-17-14-13-16-22(23)3)28(38)33-19-18-26(37)41-8-2/h13-14,16-17,24,27H,7-12,15,18-21H2,1-6H3,(H2,32,36)(H,33,38)(H,34,40). The molecule has 0 aromatic heterocycles. The van der Waals surface area contributed by atoms with Crippen LogP contribution in [0.4, 0.5) is 4.79 Å². The highest BCUT2D eigenvalue weighted by molar-refractivity contribution is 5.94. The van der Waals surface area contributed by atoms with E-state index in [4.69, 9.17) is 15.2 Å². The Morgan fingerprint density at radius 2 is 1.62 bits per heavy atom. The van der Waals surface area contributed by atoms with Crippen LogP contribution in [0.1, 0.15) is 103 Å². The van der Waals surface area contributed by atoms with Crippen molar-refractivity contribution in [1.29, 1.82) is 0 Å². The number of hydrogen-bond acceptors (Lipinski definition) is 7. The van der Waals surface area contributed by atoms with Crippen LogP contribution in [0, 0.1) is 6.92 Å². The van der Waals surface area contributed by atoms with Crippen LogP contribution in [-0.4, -0.2) is 66.0 Å². The molecule has 1 rings (SSSR count). The first-order valence-electron chi connectivity index (χ1n) is 14.9. The lowest BCUT2D eigenvalue weighted by atomic mass is 9.97. The number of unbranched alkanes of at least 4 members (excludes halogenated alkanes) is 5. The fraction of sp³-hybridized carbons (Fsp3) is 0.645. The molecule has 0 radical (unpaired) electrons. The van der Waals surface area contributed by atoms with Crippen molar-refractivity contribution in [2.75, 3.05) is 19.7 Å². The van der Waals surface area contributed by atoms with Gasteiger partial charge in [-0.25, -0.2) is 4.79 Å². The smallest absolute Gasteiger partial charge is 0.408 e. The molecule has 0 aliphatic rings. The molecule has 0 spiro atoms. The van der Waals surface area contributed by atoms with Crippen molar-refractivity contribution in [1.82, 2.24) is 15.5 Å². The number of carbonyl (C=O) groups excluding carboxylic acids is 5. The summed E-state index contributed by atoms with van der Waals surface area (Å²) in [6.07, 6.45) is 4.27. The lowest BCUT2D eigenvalue weighted by Gasteiger charge is -2.35. The molecule has 1 aromatic rings. The summed E-state index contributed by atoms with van der Waals surface area (Å²) in [5.74, 6) is -2.38. The first kappa shape index (κ1) is 36.4. The van der Waals surface area contributed by atoms with Crippen molar-refractivity contribution >= 4 is 29.8 Å². The van der Waals surface area contributed by atoms with Crippen LogP contribution in [0.3, 0.4) is 0 Å². The molecule has 11 nitrogen and oxygen atoms in total. The van der Waals surface area contributed by atoms with Gasteiger partial charge in [-0.1, -0.05) is 63.3 Å². The molecule has 0 aliphatic heterocycles. The van der Waals surface area contributed by atoms with Gasteiger partial charge in [-0.05, 0) is 52.2 Å². The molecule has 4 N–H and O–H groups in total. The van der Waals surface area contributed by atoms with E-state index in [2.05, 4.69) is 17.6 Å². The van der Waals surface area contributed by atoms with E-state index < -0.39 is 53.9 Å². The summed E-state index contributed by atoms with van der Waals surface area (Å²) in [5, 5.41) is 5.26. The molecule has 0 bridgehead atoms. The van der Waals surface area contributed by atoms with Crippen molar-refractivity contribution in [3.05, 3.63) is 35.4 Å². The molecule has 0 saturated heterocycles. The molecule has 42 heavy (non-hydrogen) atoms. The monoisotopic (exact) mass is 590 g/mol. The lowest BCUT2D eigenvalue weighted by molar-refractivity contribution is -0.144. The van der Waals surface area contributed by atoms with Gasteiger partial charge >= 0.3 is 12.1 Å². The Bertz CT molecular complexity index is 1040. The zero-order valence-electron chi connectivity index (χ0n) is 26.1. The third-order valence-corrected chi connectivity index (χ3v) is 6.41. The minimum Gasteiger partial charge on any atom is -0.466 e. The summed E-state index contributed by atoms with van der Waals surface area (Å²) in [5.41, 5.74) is 5.98. The number of aryl methyl sites for hydroxylation is 1. The van der Waals surface area contributed by atoms with Crippen LogP contribution >= 0.6 is 0 Å². The maximum atomic E-state index is 14.1. The predicted octanol–water partition coefficient (Wildman–Crippen LogP) is 4.06. The zero-order chi connectivity index (χ0) is 31.7. The molecular formula is C31H50N4O7. The maximum Gasteiger partial charge on any atom is 0.408 e. The molecule has 0 saturated carbocycles. The Labute approximate surface area is 250 Å². The second kappa shape index (κ2) is 18.7. The van der Waals surface area contributed by atoms with E-state index in [0.717, 1.165) is 37.7 Å². The largest absolute Gasteiger partial charge is 0.466 e. The number of rotatable bonds is 18. The lowest BCUT2D eigenvalue weighted by Crippen LogP contribution is -2.54. The van der Waals surface area contributed by atoms with Crippen LogP contribution in [0.5, 0.6) is 0 Å². The summed E-state index contributed by atoms with van der Waals surface area (Å²) in [6, 6.07) is 4.75. The van der Waals surface area contributed by atoms with Crippen molar-refractivity contribution in [3.8, 4) is 0 Å². The summed E-state index contributed by atoms with van der Waals surface area (Å²) in [6.45, 7) is 11.1. The third kappa shape index (κ3) is 13.8. The maximum absolute atomic E-state index is 14.1. The molecular weight excluding hydrogens is 540 g/mol. The number of hydrogen-bond donors (Lipinski definition) is 3. The number of nitrogens with two attached hydrogens (primary N) is 1. The van der Waals surface area contributed by atoms with Crippen LogP contribution in [0.15, 0.2) is 24.3 Å². The average Bonchev–Trinajstić information content (AvgIpc) is 2.88. The Morgan fingerprint density at radius 3 is 2.21 bits per heavy atom. The molecule has 0 aliphatic carbocycles. The topological polar surface area (TPSA) is 157 Å². The summed E-state index contributed by atoms with van der Waals surface area (Å²) >= 11 is 0. The Morgan fingerprint density at radius 1 is 0.976 bits per heavy atom. The number of nitrogens with zero attached hydrogens (tertiary/aromatic N) is 1. The zero-order valence-corrected chi connectivity index (χ0v) is 26.1. The molecule has 2 unspecified atom stereocenters. The molecule has 0 heterocycles. The van der Waals surface area contributed by atoms with Gasteiger partial charge in [0.15, 0.2) is 0 Å². The second-order valence-electron chi connectivity index (χ2n) is 11.3. The van der Waals surface area contributed by atoms with E-state index in [1.807, 2.05) is 19.1 Å².